The van der Waals surface area contributed by atoms with Gasteiger partial charge < -0.3 is 9.64 Å². The molecule has 0 N–H and O–H groups in total. The maximum Gasteiger partial charge on any atom is 0.251 e. The fraction of sp³-hybridized carbons (Fsp3) is 0.938. The largest absolute Gasteiger partial charge is 0.365 e. The number of carbonyl (C=O) groups excluding carboxylic acids is 1. The zero-order valence-electron chi connectivity index (χ0n) is 12.1. The summed E-state index contributed by atoms with van der Waals surface area (Å²) < 4.78 is 6.06. The monoisotopic (exact) mass is 265 g/mol. The zero-order valence-corrected chi connectivity index (χ0v) is 12.1. The summed E-state index contributed by atoms with van der Waals surface area (Å²) in [5, 5.41) is 0. The Morgan fingerprint density at radius 2 is 1.84 bits per heavy atom. The molecule has 3 unspecified atom stereocenters. The first kappa shape index (κ1) is 13.4. The fourth-order valence-corrected chi connectivity index (χ4v) is 4.15. The Kier molecular flexibility index (Phi) is 4.11. The Hall–Kier alpha value is -0.570. The molecular formula is C16H27NO2. The molecule has 3 fully saturated rings. The number of carbonyl (C=O) groups is 1. The molecule has 108 valence electrons. The van der Waals surface area contributed by atoms with Crippen molar-refractivity contribution in [2.45, 2.75) is 83.0 Å². The van der Waals surface area contributed by atoms with Crippen LogP contribution in [0.2, 0.25) is 0 Å². The molecule has 0 aromatic heterocycles. The van der Waals surface area contributed by atoms with Gasteiger partial charge in [0.25, 0.3) is 5.91 Å². The molecule has 1 amide bonds. The lowest BCUT2D eigenvalue weighted by Crippen LogP contribution is -2.44. The molecule has 3 aliphatic rings. The van der Waals surface area contributed by atoms with Crippen molar-refractivity contribution in [3.05, 3.63) is 0 Å². The van der Waals surface area contributed by atoms with Crippen LogP contribution in [0.3, 0.4) is 0 Å². The van der Waals surface area contributed by atoms with Crippen LogP contribution in [0.5, 0.6) is 0 Å². The Balaban J connectivity index is 1.51. The molecule has 2 aliphatic carbocycles. The van der Waals surface area contributed by atoms with E-state index in [1.165, 1.54) is 44.9 Å². The van der Waals surface area contributed by atoms with Gasteiger partial charge in [-0.3, -0.25) is 4.79 Å². The number of likely N-dealkylation sites (tertiary alicyclic amines) is 1. The van der Waals surface area contributed by atoms with E-state index in [2.05, 4.69) is 4.90 Å². The average Bonchev–Trinajstić information content (AvgIpc) is 2.95. The summed E-state index contributed by atoms with van der Waals surface area (Å²) in [6, 6.07) is 0.526. The standard InChI is InChI=1S/C16H27NO2/c1-12(19-15-6-4-2-3-5-7-15)16(18)17-11-13-8-9-14(17)10-13/h12-15H,2-11H2,1H3. The third-order valence-electron chi connectivity index (χ3n) is 5.24. The first-order chi connectivity index (χ1) is 9.24. The van der Waals surface area contributed by atoms with Crippen molar-refractivity contribution in [2.24, 2.45) is 5.92 Å². The third kappa shape index (κ3) is 2.96. The summed E-state index contributed by atoms with van der Waals surface area (Å²) in [5.74, 6) is 1.02. The minimum atomic E-state index is -0.234. The smallest absolute Gasteiger partial charge is 0.251 e. The molecule has 19 heavy (non-hydrogen) atoms. The third-order valence-corrected chi connectivity index (χ3v) is 5.24. The number of hydrogen-bond donors (Lipinski definition) is 0. The SMILES string of the molecule is CC(OC1CCCCCC1)C(=O)N1CC2CCC1C2. The van der Waals surface area contributed by atoms with Crippen molar-refractivity contribution in [3.63, 3.8) is 0 Å². The second-order valence-corrected chi connectivity index (χ2v) is 6.72. The lowest BCUT2D eigenvalue weighted by Gasteiger charge is -2.31. The second-order valence-electron chi connectivity index (χ2n) is 6.72. The van der Waals surface area contributed by atoms with Crippen molar-refractivity contribution in [2.75, 3.05) is 6.54 Å². The molecule has 0 aromatic rings. The summed E-state index contributed by atoms with van der Waals surface area (Å²) in [5.41, 5.74) is 0. The molecule has 3 rings (SSSR count). The highest BCUT2D eigenvalue weighted by atomic mass is 16.5. The molecule has 3 atom stereocenters. The van der Waals surface area contributed by atoms with Crippen molar-refractivity contribution in [3.8, 4) is 0 Å². The molecule has 1 saturated heterocycles. The van der Waals surface area contributed by atoms with Gasteiger partial charge in [0.1, 0.15) is 6.10 Å². The van der Waals surface area contributed by atoms with Crippen molar-refractivity contribution in [1.82, 2.24) is 4.90 Å². The fourth-order valence-electron chi connectivity index (χ4n) is 4.15. The van der Waals surface area contributed by atoms with E-state index in [4.69, 9.17) is 4.74 Å². The molecule has 1 aliphatic heterocycles. The first-order valence-corrected chi connectivity index (χ1v) is 8.20. The van der Waals surface area contributed by atoms with Crippen LogP contribution in [0.1, 0.15) is 64.7 Å². The van der Waals surface area contributed by atoms with Gasteiger partial charge in [-0.05, 0) is 44.9 Å². The number of piperidine rings is 1. The van der Waals surface area contributed by atoms with Crippen LogP contribution in [0.25, 0.3) is 0 Å². The van der Waals surface area contributed by atoms with E-state index >= 15 is 0 Å². The van der Waals surface area contributed by atoms with Crippen molar-refractivity contribution >= 4 is 5.91 Å². The van der Waals surface area contributed by atoms with E-state index in [-0.39, 0.29) is 12.0 Å². The quantitative estimate of drug-likeness (QED) is 0.734. The van der Waals surface area contributed by atoms with Gasteiger partial charge in [0.2, 0.25) is 0 Å². The van der Waals surface area contributed by atoms with Crippen molar-refractivity contribution in [1.29, 1.82) is 0 Å². The Morgan fingerprint density at radius 1 is 1.11 bits per heavy atom. The van der Waals surface area contributed by atoms with Gasteiger partial charge >= 0.3 is 0 Å². The van der Waals surface area contributed by atoms with Crippen LogP contribution in [-0.4, -0.2) is 35.6 Å². The van der Waals surface area contributed by atoms with E-state index in [0.717, 1.165) is 25.3 Å². The summed E-state index contributed by atoms with van der Waals surface area (Å²) in [4.78, 5) is 14.6. The van der Waals surface area contributed by atoms with E-state index < -0.39 is 0 Å². The minimum absolute atomic E-state index is 0.234. The lowest BCUT2D eigenvalue weighted by molar-refractivity contribution is -0.148. The highest BCUT2D eigenvalue weighted by Crippen LogP contribution is 2.37. The van der Waals surface area contributed by atoms with E-state index in [1.54, 1.807) is 0 Å². The zero-order chi connectivity index (χ0) is 13.2. The Morgan fingerprint density at radius 3 is 2.42 bits per heavy atom. The number of nitrogens with zero attached hydrogens (tertiary/aromatic N) is 1. The summed E-state index contributed by atoms with van der Waals surface area (Å²) in [6.07, 6.45) is 11.3. The maximum absolute atomic E-state index is 12.5. The first-order valence-electron chi connectivity index (χ1n) is 8.20. The molecular weight excluding hydrogens is 238 g/mol. The normalized spacial score (nSPS) is 33.4. The predicted molar refractivity (Wildman–Crippen MR) is 74.9 cm³/mol. The maximum atomic E-state index is 12.5. The molecule has 0 aromatic carbocycles. The van der Waals surface area contributed by atoms with Gasteiger partial charge in [0, 0.05) is 12.6 Å². The molecule has 3 nitrogen and oxygen atoms in total. The van der Waals surface area contributed by atoms with Gasteiger partial charge in [-0.2, -0.15) is 0 Å². The van der Waals surface area contributed by atoms with Gasteiger partial charge in [0.15, 0.2) is 0 Å². The average molecular weight is 265 g/mol. The van der Waals surface area contributed by atoms with Crippen LogP contribution < -0.4 is 0 Å². The van der Waals surface area contributed by atoms with Gasteiger partial charge in [-0.25, -0.2) is 0 Å². The van der Waals surface area contributed by atoms with Crippen LogP contribution in [0, 0.1) is 5.92 Å². The summed E-state index contributed by atoms with van der Waals surface area (Å²) in [6.45, 7) is 2.95. The van der Waals surface area contributed by atoms with Gasteiger partial charge in [-0.15, -0.1) is 0 Å². The van der Waals surface area contributed by atoms with Gasteiger partial charge in [0.05, 0.1) is 6.10 Å². The molecule has 0 radical (unpaired) electrons. The molecule has 2 saturated carbocycles. The highest BCUT2D eigenvalue weighted by Gasteiger charge is 2.41. The number of rotatable bonds is 3. The molecule has 0 spiro atoms. The number of amides is 1. The van der Waals surface area contributed by atoms with Crippen LogP contribution >= 0.6 is 0 Å². The van der Waals surface area contributed by atoms with E-state index in [1.807, 2.05) is 6.92 Å². The number of hydrogen-bond acceptors (Lipinski definition) is 2. The lowest BCUT2D eigenvalue weighted by atomic mass is 10.1. The Labute approximate surface area is 116 Å². The van der Waals surface area contributed by atoms with Crippen LogP contribution in [-0.2, 0) is 9.53 Å². The topological polar surface area (TPSA) is 29.5 Å². The van der Waals surface area contributed by atoms with Crippen molar-refractivity contribution < 1.29 is 9.53 Å². The molecule has 1 heterocycles. The number of ether oxygens (including phenoxy) is 1. The van der Waals surface area contributed by atoms with Gasteiger partial charge in [-0.1, -0.05) is 25.7 Å². The van der Waals surface area contributed by atoms with Crippen LogP contribution in [0.15, 0.2) is 0 Å². The van der Waals surface area contributed by atoms with E-state index in [9.17, 15) is 4.79 Å². The summed E-state index contributed by atoms with van der Waals surface area (Å²) >= 11 is 0. The second kappa shape index (κ2) is 5.82. The minimum Gasteiger partial charge on any atom is -0.365 e. The highest BCUT2D eigenvalue weighted by molar-refractivity contribution is 5.81. The van der Waals surface area contributed by atoms with E-state index in [0.29, 0.717) is 12.1 Å². The molecule has 3 heteroatoms. The summed E-state index contributed by atoms with van der Waals surface area (Å²) in [7, 11) is 0. The molecule has 2 bridgehead atoms. The Bertz CT molecular complexity index is 323. The predicted octanol–water partition coefficient (Wildman–Crippen LogP) is 3.13. The van der Waals surface area contributed by atoms with Crippen LogP contribution in [0.4, 0.5) is 0 Å². The number of fused-ring (bicyclic) bond motifs is 2.